The number of carbonyl (C=O) groups is 1. The van der Waals surface area contributed by atoms with Crippen LogP contribution in [0.15, 0.2) is 36.7 Å². The number of anilines is 3. The van der Waals surface area contributed by atoms with Gasteiger partial charge < -0.3 is 31.2 Å². The Labute approximate surface area is 248 Å². The van der Waals surface area contributed by atoms with Gasteiger partial charge in [0.05, 0.1) is 6.33 Å². The molecule has 0 atom stereocenters. The van der Waals surface area contributed by atoms with Crippen LogP contribution in [0.1, 0.15) is 70.3 Å². The molecule has 3 aromatic rings. The highest BCUT2D eigenvalue weighted by Gasteiger charge is 2.27. The summed E-state index contributed by atoms with van der Waals surface area (Å²) in [6, 6.07) is 10.9. The van der Waals surface area contributed by atoms with E-state index in [0.29, 0.717) is 37.2 Å². The Morgan fingerprint density at radius 3 is 2.23 bits per heavy atom. The van der Waals surface area contributed by atoms with Gasteiger partial charge in [-0.15, -0.1) is 24.8 Å². The number of hydrogen-bond donors (Lipinski definition) is 4. The van der Waals surface area contributed by atoms with Crippen molar-refractivity contribution in [2.24, 2.45) is 5.73 Å². The number of benzene rings is 1. The first-order valence-electron chi connectivity index (χ1n) is 14.3. The van der Waals surface area contributed by atoms with Gasteiger partial charge in [-0.3, -0.25) is 0 Å². The Hall–Kier alpha value is -2.82. The molecule has 218 valence electrons. The molecule has 0 radical (unpaired) electrons. The first kappa shape index (κ1) is 30.1. The number of para-hydroxylation sites is 1. The maximum absolute atomic E-state index is 12.7. The highest BCUT2D eigenvalue weighted by Crippen LogP contribution is 2.34. The highest BCUT2D eigenvalue weighted by atomic mass is 35.5. The maximum atomic E-state index is 12.7. The number of imidazole rings is 1. The fraction of sp³-hybridized carbons (Fsp3) is 0.571. The average molecular weight is 591 g/mol. The number of fused-ring (bicyclic) bond motifs is 1. The van der Waals surface area contributed by atoms with Gasteiger partial charge >= 0.3 is 6.03 Å². The van der Waals surface area contributed by atoms with E-state index in [2.05, 4.69) is 20.5 Å². The van der Waals surface area contributed by atoms with E-state index in [1.54, 1.807) is 0 Å². The fourth-order valence-corrected chi connectivity index (χ4v) is 6.12. The van der Waals surface area contributed by atoms with Gasteiger partial charge in [0.25, 0.3) is 0 Å². The van der Waals surface area contributed by atoms with Gasteiger partial charge in [-0.2, -0.15) is 9.97 Å². The molecule has 1 saturated heterocycles. The lowest BCUT2D eigenvalue weighted by Gasteiger charge is -2.32. The normalized spacial score (nSPS) is 21.9. The summed E-state index contributed by atoms with van der Waals surface area (Å²) < 4.78 is 2.26. The second-order valence-corrected chi connectivity index (χ2v) is 11.1. The monoisotopic (exact) mass is 589 g/mol. The number of piperidine rings is 1. The second kappa shape index (κ2) is 13.7. The summed E-state index contributed by atoms with van der Waals surface area (Å²) in [7, 11) is 0. The predicted octanol–water partition coefficient (Wildman–Crippen LogP) is 5.58. The second-order valence-electron chi connectivity index (χ2n) is 11.1. The summed E-state index contributed by atoms with van der Waals surface area (Å²) in [6.07, 6.45) is 12.6. The molecule has 3 heterocycles. The number of nitrogens with two attached hydrogens (primary N) is 1. The molecule has 10 nitrogen and oxygen atoms in total. The van der Waals surface area contributed by atoms with E-state index in [-0.39, 0.29) is 36.9 Å². The Morgan fingerprint density at radius 2 is 1.52 bits per heavy atom. The van der Waals surface area contributed by atoms with Crippen molar-refractivity contribution in [1.29, 1.82) is 0 Å². The van der Waals surface area contributed by atoms with E-state index in [4.69, 9.17) is 20.7 Å². The summed E-state index contributed by atoms with van der Waals surface area (Å²) in [4.78, 5) is 29.3. The topological polar surface area (TPSA) is 126 Å². The van der Waals surface area contributed by atoms with Crippen molar-refractivity contribution in [2.45, 2.75) is 88.4 Å². The first-order valence-corrected chi connectivity index (χ1v) is 14.3. The minimum absolute atomic E-state index is 0. The predicted molar refractivity (Wildman–Crippen MR) is 165 cm³/mol. The van der Waals surface area contributed by atoms with Gasteiger partial charge in [0.15, 0.2) is 17.0 Å². The summed E-state index contributed by atoms with van der Waals surface area (Å²) >= 11 is 0. The van der Waals surface area contributed by atoms with Crippen LogP contribution in [0.2, 0.25) is 0 Å². The highest BCUT2D eigenvalue weighted by molar-refractivity contribution is 5.89. The number of hydrogen-bond acceptors (Lipinski definition) is 7. The molecule has 1 aromatic carbocycles. The first-order chi connectivity index (χ1) is 18.6. The van der Waals surface area contributed by atoms with Crippen LogP contribution in [0.4, 0.5) is 22.2 Å². The van der Waals surface area contributed by atoms with Gasteiger partial charge in [-0.05, 0) is 63.5 Å². The number of likely N-dealkylation sites (tertiary alicyclic amines) is 1. The third kappa shape index (κ3) is 6.90. The standard InChI is InChI=1S/C28H39N9O.2ClH/c29-19-10-12-21(13-11-19)32-27-34-25(24-26(35-27)37(18-30-24)23-8-4-5-9-23)31-22-14-16-36(17-15-22)28(38)33-20-6-2-1-3-7-20;;/h1-3,6-7,18-19,21-23H,4-5,8-17,29H2,(H,33,38)(H2,31,32,34,35);2*1H. The Morgan fingerprint density at radius 1 is 0.850 bits per heavy atom. The Balaban J connectivity index is 0.00000185. The maximum Gasteiger partial charge on any atom is 0.321 e. The third-order valence-corrected chi connectivity index (χ3v) is 8.39. The molecule has 40 heavy (non-hydrogen) atoms. The molecule has 0 bridgehead atoms. The van der Waals surface area contributed by atoms with Gasteiger partial charge in [0.2, 0.25) is 5.95 Å². The van der Waals surface area contributed by atoms with Crippen molar-refractivity contribution in [3.05, 3.63) is 36.7 Å². The van der Waals surface area contributed by atoms with E-state index >= 15 is 0 Å². The zero-order valence-corrected chi connectivity index (χ0v) is 24.4. The molecule has 0 spiro atoms. The molecule has 2 aromatic heterocycles. The van der Waals surface area contributed by atoms with Crippen molar-refractivity contribution < 1.29 is 4.79 Å². The lowest BCUT2D eigenvalue weighted by molar-refractivity contribution is 0.197. The molecule has 2 saturated carbocycles. The van der Waals surface area contributed by atoms with Crippen molar-refractivity contribution >= 4 is 59.5 Å². The lowest BCUT2D eigenvalue weighted by atomic mass is 9.92. The zero-order valence-electron chi connectivity index (χ0n) is 22.8. The molecule has 2 amide bonds. The summed E-state index contributed by atoms with van der Waals surface area (Å²) in [6.45, 7) is 1.38. The molecule has 0 unspecified atom stereocenters. The van der Waals surface area contributed by atoms with Crippen LogP contribution in [0.5, 0.6) is 0 Å². The lowest BCUT2D eigenvalue weighted by Crippen LogP contribution is -2.44. The largest absolute Gasteiger partial charge is 0.365 e. The number of aromatic nitrogens is 4. The van der Waals surface area contributed by atoms with E-state index < -0.39 is 0 Å². The fourth-order valence-electron chi connectivity index (χ4n) is 6.12. The molecular weight excluding hydrogens is 549 g/mol. The Kier molecular flexibility index (Phi) is 10.3. The number of halogens is 2. The van der Waals surface area contributed by atoms with Crippen LogP contribution in [-0.2, 0) is 0 Å². The summed E-state index contributed by atoms with van der Waals surface area (Å²) in [5, 5.41) is 10.3. The molecule has 5 N–H and O–H groups in total. The van der Waals surface area contributed by atoms with Crippen LogP contribution in [0.25, 0.3) is 11.2 Å². The van der Waals surface area contributed by atoms with Crippen LogP contribution >= 0.6 is 24.8 Å². The number of nitrogens with one attached hydrogen (secondary N) is 3. The van der Waals surface area contributed by atoms with Crippen LogP contribution in [-0.4, -0.2) is 61.7 Å². The number of amides is 2. The molecule has 2 aliphatic carbocycles. The molecule has 3 aliphatic rings. The molecular formula is C28H41Cl2N9O. The smallest absolute Gasteiger partial charge is 0.321 e. The van der Waals surface area contributed by atoms with Gasteiger partial charge in [-0.1, -0.05) is 31.0 Å². The van der Waals surface area contributed by atoms with E-state index in [1.165, 1.54) is 25.7 Å². The number of carbonyl (C=O) groups excluding carboxylic acids is 1. The Bertz CT molecular complexity index is 1240. The SMILES string of the molecule is Cl.Cl.NC1CCC(Nc2nc(NC3CCN(C(=O)Nc4ccccc4)CC3)c3ncn(C4CCCC4)c3n2)CC1. The van der Waals surface area contributed by atoms with E-state index in [9.17, 15) is 4.79 Å². The number of nitrogens with zero attached hydrogens (tertiary/aromatic N) is 5. The molecule has 3 fully saturated rings. The third-order valence-electron chi connectivity index (χ3n) is 8.39. The molecule has 12 heteroatoms. The van der Waals surface area contributed by atoms with Gasteiger partial charge in [0, 0.05) is 42.9 Å². The quantitative estimate of drug-likeness (QED) is 0.296. The molecule has 1 aliphatic heterocycles. The van der Waals surface area contributed by atoms with Crippen LogP contribution < -0.4 is 21.7 Å². The van der Waals surface area contributed by atoms with Crippen LogP contribution in [0, 0.1) is 0 Å². The van der Waals surface area contributed by atoms with Crippen molar-refractivity contribution in [2.75, 3.05) is 29.0 Å². The van der Waals surface area contributed by atoms with Crippen molar-refractivity contribution in [3.63, 3.8) is 0 Å². The number of urea groups is 1. The number of rotatable bonds is 6. The van der Waals surface area contributed by atoms with Gasteiger partial charge in [0.1, 0.15) is 0 Å². The van der Waals surface area contributed by atoms with Gasteiger partial charge in [-0.25, -0.2) is 9.78 Å². The average Bonchev–Trinajstić information content (AvgIpc) is 3.61. The van der Waals surface area contributed by atoms with Crippen molar-refractivity contribution in [3.8, 4) is 0 Å². The minimum atomic E-state index is -0.0481. The molecule has 6 rings (SSSR count). The zero-order chi connectivity index (χ0) is 25.9. The minimum Gasteiger partial charge on any atom is -0.365 e. The van der Waals surface area contributed by atoms with E-state index in [1.807, 2.05) is 41.6 Å². The van der Waals surface area contributed by atoms with Crippen molar-refractivity contribution in [1.82, 2.24) is 24.4 Å². The summed E-state index contributed by atoms with van der Waals surface area (Å²) in [5.41, 5.74) is 8.68. The van der Waals surface area contributed by atoms with Crippen LogP contribution in [0.3, 0.4) is 0 Å². The summed E-state index contributed by atoms with van der Waals surface area (Å²) in [5.74, 6) is 1.45. The van der Waals surface area contributed by atoms with E-state index in [0.717, 1.165) is 61.2 Å².